The zero-order valence-corrected chi connectivity index (χ0v) is 12.4. The molecular formula is C15H17NO6. The average Bonchev–Trinajstić information content (AvgIpc) is 3.04. The molecule has 1 aliphatic carbocycles. The third-order valence-corrected chi connectivity index (χ3v) is 4.02. The van der Waals surface area contributed by atoms with Gasteiger partial charge in [0.2, 0.25) is 0 Å². The van der Waals surface area contributed by atoms with Crippen molar-refractivity contribution in [2.24, 2.45) is 5.92 Å². The number of rotatable bonds is 4. The third-order valence-electron chi connectivity index (χ3n) is 4.02. The normalized spacial score (nSPS) is 28.5. The van der Waals surface area contributed by atoms with Crippen LogP contribution in [0, 0.1) is 16.0 Å². The van der Waals surface area contributed by atoms with Gasteiger partial charge in [-0.1, -0.05) is 0 Å². The molecule has 22 heavy (non-hydrogen) atoms. The number of esters is 1. The molecule has 1 aliphatic heterocycles. The lowest BCUT2D eigenvalue weighted by Gasteiger charge is -2.17. The molecular weight excluding hydrogens is 290 g/mol. The van der Waals surface area contributed by atoms with Crippen molar-refractivity contribution >= 4 is 11.7 Å². The molecule has 0 aromatic heterocycles. The van der Waals surface area contributed by atoms with Crippen molar-refractivity contribution in [1.29, 1.82) is 0 Å². The van der Waals surface area contributed by atoms with Crippen LogP contribution in [-0.2, 0) is 14.2 Å². The SMILES string of the molecule is CC1(C)OCC2(CC2COC(=O)c2ccc([N+](=O)[O-])cc2)O1. The van der Waals surface area contributed by atoms with Crippen LogP contribution in [0.5, 0.6) is 0 Å². The molecule has 1 heterocycles. The Morgan fingerprint density at radius 3 is 2.64 bits per heavy atom. The minimum atomic E-state index is -0.586. The Labute approximate surface area is 127 Å². The molecule has 0 radical (unpaired) electrons. The summed E-state index contributed by atoms with van der Waals surface area (Å²) < 4.78 is 16.7. The Morgan fingerprint density at radius 1 is 1.41 bits per heavy atom. The molecule has 7 nitrogen and oxygen atoms in total. The van der Waals surface area contributed by atoms with E-state index in [0.717, 1.165) is 6.42 Å². The summed E-state index contributed by atoms with van der Waals surface area (Å²) in [7, 11) is 0. The summed E-state index contributed by atoms with van der Waals surface area (Å²) in [4.78, 5) is 22.0. The molecule has 1 saturated heterocycles. The van der Waals surface area contributed by atoms with Crippen LogP contribution in [0.15, 0.2) is 24.3 Å². The van der Waals surface area contributed by atoms with E-state index in [1.54, 1.807) is 0 Å². The van der Waals surface area contributed by atoms with Crippen LogP contribution >= 0.6 is 0 Å². The molecule has 2 unspecified atom stereocenters. The Balaban J connectivity index is 1.52. The van der Waals surface area contributed by atoms with Crippen molar-refractivity contribution in [2.75, 3.05) is 13.2 Å². The van der Waals surface area contributed by atoms with Gasteiger partial charge in [0.25, 0.3) is 5.69 Å². The molecule has 1 aromatic rings. The number of hydrogen-bond acceptors (Lipinski definition) is 6. The lowest BCUT2D eigenvalue weighted by molar-refractivity contribution is -0.384. The number of carbonyl (C=O) groups is 1. The van der Waals surface area contributed by atoms with Gasteiger partial charge in [0.15, 0.2) is 5.79 Å². The number of nitro benzene ring substituents is 1. The van der Waals surface area contributed by atoms with Crippen LogP contribution in [0.3, 0.4) is 0 Å². The zero-order valence-electron chi connectivity index (χ0n) is 12.4. The zero-order chi connectivity index (χ0) is 16.0. The maximum atomic E-state index is 11.9. The monoisotopic (exact) mass is 307 g/mol. The first-order chi connectivity index (χ1) is 10.3. The molecule has 0 amide bonds. The first kappa shape index (κ1) is 14.9. The molecule has 2 aliphatic rings. The van der Waals surface area contributed by atoms with Crippen LogP contribution in [0.2, 0.25) is 0 Å². The van der Waals surface area contributed by atoms with Gasteiger partial charge in [-0.3, -0.25) is 10.1 Å². The van der Waals surface area contributed by atoms with Gasteiger partial charge in [-0.05, 0) is 32.4 Å². The highest BCUT2D eigenvalue weighted by Crippen LogP contribution is 2.53. The summed E-state index contributed by atoms with van der Waals surface area (Å²) in [6, 6.07) is 5.35. The number of ether oxygens (including phenoxy) is 3. The second kappa shape index (κ2) is 5.03. The van der Waals surface area contributed by atoms with E-state index >= 15 is 0 Å². The molecule has 2 atom stereocenters. The number of non-ortho nitro benzene ring substituents is 1. The summed E-state index contributed by atoms with van der Waals surface area (Å²) >= 11 is 0. The van der Waals surface area contributed by atoms with Gasteiger partial charge >= 0.3 is 5.97 Å². The van der Waals surface area contributed by atoms with Crippen LogP contribution in [-0.4, -0.2) is 35.5 Å². The molecule has 1 saturated carbocycles. The van der Waals surface area contributed by atoms with E-state index in [9.17, 15) is 14.9 Å². The summed E-state index contributed by atoms with van der Waals surface area (Å²) in [5.74, 6) is -0.941. The topological polar surface area (TPSA) is 87.9 Å². The van der Waals surface area contributed by atoms with E-state index in [-0.39, 0.29) is 23.8 Å². The quantitative estimate of drug-likeness (QED) is 0.482. The molecule has 0 bridgehead atoms. The number of benzene rings is 1. The van der Waals surface area contributed by atoms with Crippen molar-refractivity contribution in [2.45, 2.75) is 31.7 Å². The largest absolute Gasteiger partial charge is 0.462 e. The number of nitro groups is 1. The van der Waals surface area contributed by atoms with Gasteiger partial charge in [0, 0.05) is 18.1 Å². The van der Waals surface area contributed by atoms with Crippen LogP contribution in [0.25, 0.3) is 0 Å². The fourth-order valence-corrected chi connectivity index (χ4v) is 2.69. The van der Waals surface area contributed by atoms with Gasteiger partial charge < -0.3 is 14.2 Å². The Bertz CT molecular complexity index is 611. The Morgan fingerprint density at radius 2 is 2.09 bits per heavy atom. The maximum absolute atomic E-state index is 11.9. The van der Waals surface area contributed by atoms with E-state index in [1.807, 2.05) is 13.8 Å². The van der Waals surface area contributed by atoms with Crippen LogP contribution in [0.1, 0.15) is 30.6 Å². The van der Waals surface area contributed by atoms with E-state index in [1.165, 1.54) is 24.3 Å². The predicted molar refractivity (Wildman–Crippen MR) is 75.3 cm³/mol. The van der Waals surface area contributed by atoms with Crippen LogP contribution < -0.4 is 0 Å². The molecule has 1 spiro atoms. The van der Waals surface area contributed by atoms with Crippen molar-refractivity contribution in [1.82, 2.24) is 0 Å². The number of carbonyl (C=O) groups excluding carboxylic acids is 1. The molecule has 7 heteroatoms. The van der Waals surface area contributed by atoms with Gasteiger partial charge in [-0.25, -0.2) is 4.79 Å². The minimum Gasteiger partial charge on any atom is -0.462 e. The summed E-state index contributed by atoms with van der Waals surface area (Å²) in [6.45, 7) is 4.50. The Hall–Kier alpha value is -1.99. The van der Waals surface area contributed by atoms with Gasteiger partial charge in [-0.15, -0.1) is 0 Å². The Kier molecular flexibility index (Phi) is 3.41. The second-order valence-corrected chi connectivity index (χ2v) is 6.16. The van der Waals surface area contributed by atoms with E-state index in [0.29, 0.717) is 12.2 Å². The van der Waals surface area contributed by atoms with Crippen molar-refractivity contribution in [3.63, 3.8) is 0 Å². The van der Waals surface area contributed by atoms with Crippen molar-refractivity contribution in [3.05, 3.63) is 39.9 Å². The van der Waals surface area contributed by atoms with Crippen LogP contribution in [0.4, 0.5) is 5.69 Å². The molecule has 118 valence electrons. The van der Waals surface area contributed by atoms with E-state index in [4.69, 9.17) is 14.2 Å². The summed E-state index contributed by atoms with van der Waals surface area (Å²) in [5.41, 5.74) is -0.0835. The highest BCUT2D eigenvalue weighted by molar-refractivity contribution is 5.89. The van der Waals surface area contributed by atoms with E-state index < -0.39 is 16.7 Å². The second-order valence-electron chi connectivity index (χ2n) is 6.16. The van der Waals surface area contributed by atoms with Gasteiger partial charge in [-0.2, -0.15) is 0 Å². The number of hydrogen-bond donors (Lipinski definition) is 0. The van der Waals surface area contributed by atoms with Crippen molar-refractivity contribution in [3.8, 4) is 0 Å². The van der Waals surface area contributed by atoms with Gasteiger partial charge in [0.05, 0.1) is 23.7 Å². The molecule has 0 N–H and O–H groups in total. The summed E-state index contributed by atoms with van der Waals surface area (Å²) in [5, 5.41) is 10.6. The molecule has 2 fully saturated rings. The fraction of sp³-hybridized carbons (Fsp3) is 0.533. The minimum absolute atomic E-state index is 0.0589. The average molecular weight is 307 g/mol. The predicted octanol–water partition coefficient (Wildman–Crippen LogP) is 2.29. The first-order valence-corrected chi connectivity index (χ1v) is 7.07. The van der Waals surface area contributed by atoms with E-state index in [2.05, 4.69) is 0 Å². The highest BCUT2D eigenvalue weighted by Gasteiger charge is 2.62. The lowest BCUT2D eigenvalue weighted by Crippen LogP contribution is -2.24. The molecule has 1 aromatic carbocycles. The van der Waals surface area contributed by atoms with Gasteiger partial charge in [0.1, 0.15) is 5.60 Å². The summed E-state index contributed by atoms with van der Waals surface area (Å²) in [6.07, 6.45) is 0.809. The smallest absolute Gasteiger partial charge is 0.338 e. The standard InChI is InChI=1S/C15H17NO6/c1-14(2)21-9-15(22-14)7-11(15)8-20-13(17)10-3-5-12(6-4-10)16(18)19/h3-6,11H,7-9H2,1-2H3. The highest BCUT2D eigenvalue weighted by atomic mass is 16.8. The molecule has 3 rings (SSSR count). The first-order valence-electron chi connectivity index (χ1n) is 7.07. The maximum Gasteiger partial charge on any atom is 0.338 e. The fourth-order valence-electron chi connectivity index (χ4n) is 2.69. The third kappa shape index (κ3) is 2.82. The number of nitrogens with zero attached hydrogens (tertiary/aromatic N) is 1. The lowest BCUT2D eigenvalue weighted by atomic mass is 10.2. The van der Waals surface area contributed by atoms with Crippen molar-refractivity contribution < 1.29 is 23.9 Å².